The van der Waals surface area contributed by atoms with Crippen LogP contribution in [0.2, 0.25) is 0 Å². The molecule has 0 radical (unpaired) electrons. The minimum atomic E-state index is -0.00615. The molecule has 3 heterocycles. The molecule has 0 aliphatic carbocycles. The third kappa shape index (κ3) is 5.57. The van der Waals surface area contributed by atoms with Crippen LogP contribution in [0.3, 0.4) is 0 Å². The zero-order valence-corrected chi connectivity index (χ0v) is 20.9. The number of fused-ring (bicyclic) bond motifs is 1. The van der Waals surface area contributed by atoms with Gasteiger partial charge in [0.15, 0.2) is 10.8 Å². The van der Waals surface area contributed by atoms with Gasteiger partial charge in [-0.3, -0.25) is 14.3 Å². The number of likely N-dealkylation sites (N-methyl/N-ethyl adjacent to an activating group) is 1. The van der Waals surface area contributed by atoms with E-state index in [4.69, 9.17) is 4.98 Å². The van der Waals surface area contributed by atoms with Crippen molar-refractivity contribution in [1.29, 1.82) is 0 Å². The molecule has 0 unspecified atom stereocenters. The minimum absolute atomic E-state index is 0.00615. The Labute approximate surface area is 210 Å². The van der Waals surface area contributed by atoms with Crippen molar-refractivity contribution in [2.24, 2.45) is 0 Å². The van der Waals surface area contributed by atoms with Crippen molar-refractivity contribution in [1.82, 2.24) is 24.8 Å². The van der Waals surface area contributed by atoms with Crippen LogP contribution in [0.15, 0.2) is 78.1 Å². The predicted octanol–water partition coefficient (Wildman–Crippen LogP) is 4.99. The summed E-state index contributed by atoms with van der Waals surface area (Å²) < 4.78 is 2.16. The molecule has 6 nitrogen and oxygen atoms in total. The Morgan fingerprint density at radius 1 is 1.06 bits per heavy atom. The fourth-order valence-electron chi connectivity index (χ4n) is 4.71. The van der Waals surface area contributed by atoms with Gasteiger partial charge in [-0.15, -0.1) is 0 Å². The van der Waals surface area contributed by atoms with Gasteiger partial charge >= 0.3 is 0 Å². The maximum Gasteiger partial charge on any atom is 0.251 e. The molecular weight excluding hydrogens is 454 g/mol. The molecule has 35 heavy (non-hydrogen) atoms. The van der Waals surface area contributed by atoms with E-state index in [0.717, 1.165) is 47.1 Å². The highest BCUT2D eigenvalue weighted by Crippen LogP contribution is 2.27. The normalized spacial score (nSPS) is 16.1. The lowest BCUT2D eigenvalue weighted by atomic mass is 10.1. The summed E-state index contributed by atoms with van der Waals surface area (Å²) in [4.78, 5) is 24.6. The number of pyridine rings is 1. The Morgan fingerprint density at radius 2 is 1.89 bits per heavy atom. The SMILES string of the molecule is CCN1CCC[C@H]1CNC(=O)c1ccc(Cn2c(SCc3ccccc3)nc3cccnc32)cc1. The van der Waals surface area contributed by atoms with Crippen molar-refractivity contribution >= 4 is 28.8 Å². The summed E-state index contributed by atoms with van der Waals surface area (Å²) in [5.74, 6) is 0.841. The van der Waals surface area contributed by atoms with Crippen molar-refractivity contribution in [3.63, 3.8) is 0 Å². The number of hydrogen-bond acceptors (Lipinski definition) is 5. The van der Waals surface area contributed by atoms with Gasteiger partial charge in [0.25, 0.3) is 5.91 Å². The first-order valence-corrected chi connectivity index (χ1v) is 13.3. The minimum Gasteiger partial charge on any atom is -0.350 e. The van der Waals surface area contributed by atoms with Gasteiger partial charge in [0.05, 0.1) is 6.54 Å². The fourth-order valence-corrected chi connectivity index (χ4v) is 5.67. The topological polar surface area (TPSA) is 63.1 Å². The Bertz CT molecular complexity index is 1270. The number of rotatable bonds is 9. The summed E-state index contributed by atoms with van der Waals surface area (Å²) in [6, 6.07) is 22.7. The van der Waals surface area contributed by atoms with E-state index < -0.39 is 0 Å². The van der Waals surface area contributed by atoms with Crippen LogP contribution in [0.4, 0.5) is 0 Å². The molecule has 2 aromatic carbocycles. The fraction of sp³-hybridized carbons (Fsp3) is 0.321. The van der Waals surface area contributed by atoms with Gasteiger partial charge < -0.3 is 5.32 Å². The number of likely N-dealkylation sites (tertiary alicyclic amines) is 1. The highest BCUT2D eigenvalue weighted by Gasteiger charge is 2.23. The number of nitrogens with zero attached hydrogens (tertiary/aromatic N) is 4. The van der Waals surface area contributed by atoms with Crippen LogP contribution in [0.5, 0.6) is 0 Å². The van der Waals surface area contributed by atoms with E-state index >= 15 is 0 Å². The molecule has 0 spiro atoms. The number of benzene rings is 2. The molecule has 1 fully saturated rings. The summed E-state index contributed by atoms with van der Waals surface area (Å²) in [5.41, 5.74) is 4.84. The smallest absolute Gasteiger partial charge is 0.251 e. The Hall–Kier alpha value is -3.16. The van der Waals surface area contributed by atoms with Crippen molar-refractivity contribution in [3.05, 3.63) is 89.6 Å². The zero-order chi connectivity index (χ0) is 24.0. The zero-order valence-electron chi connectivity index (χ0n) is 20.1. The predicted molar refractivity (Wildman–Crippen MR) is 142 cm³/mol. The van der Waals surface area contributed by atoms with Crippen LogP contribution in [-0.4, -0.2) is 51.0 Å². The highest BCUT2D eigenvalue weighted by atomic mass is 32.2. The molecule has 4 aromatic rings. The van der Waals surface area contributed by atoms with Crippen LogP contribution in [0, 0.1) is 0 Å². The van der Waals surface area contributed by atoms with Crippen LogP contribution < -0.4 is 5.32 Å². The average Bonchev–Trinajstić information content (AvgIpc) is 3.51. The van der Waals surface area contributed by atoms with Crippen LogP contribution in [0.1, 0.15) is 41.3 Å². The maximum absolute atomic E-state index is 12.7. The summed E-state index contributed by atoms with van der Waals surface area (Å²) in [6.07, 6.45) is 4.18. The molecule has 1 aliphatic rings. The lowest BCUT2D eigenvalue weighted by Gasteiger charge is -2.22. The number of hydrogen-bond donors (Lipinski definition) is 1. The monoisotopic (exact) mass is 485 g/mol. The summed E-state index contributed by atoms with van der Waals surface area (Å²) in [5, 5.41) is 4.07. The summed E-state index contributed by atoms with van der Waals surface area (Å²) in [7, 11) is 0. The molecule has 1 N–H and O–H groups in total. The Kier molecular flexibility index (Phi) is 7.45. The first kappa shape index (κ1) is 23.6. The third-order valence-corrected chi connectivity index (χ3v) is 7.69. The van der Waals surface area contributed by atoms with Gasteiger partial charge in [-0.25, -0.2) is 9.97 Å². The van der Waals surface area contributed by atoms with E-state index in [1.165, 1.54) is 12.0 Å². The molecule has 1 saturated heterocycles. The molecule has 1 amide bonds. The van der Waals surface area contributed by atoms with Crippen LogP contribution in [0.25, 0.3) is 11.2 Å². The average molecular weight is 486 g/mol. The molecule has 1 aliphatic heterocycles. The molecule has 0 saturated carbocycles. The molecule has 2 aromatic heterocycles. The second-order valence-electron chi connectivity index (χ2n) is 8.93. The molecule has 7 heteroatoms. The number of thioether (sulfide) groups is 1. The summed E-state index contributed by atoms with van der Waals surface area (Å²) >= 11 is 1.72. The van der Waals surface area contributed by atoms with E-state index in [1.54, 1.807) is 11.8 Å². The third-order valence-electron chi connectivity index (χ3n) is 6.64. The molecule has 1 atom stereocenters. The maximum atomic E-state index is 12.7. The highest BCUT2D eigenvalue weighted by molar-refractivity contribution is 7.98. The second-order valence-corrected chi connectivity index (χ2v) is 9.88. The van der Waals surface area contributed by atoms with Gasteiger partial charge in [-0.1, -0.05) is 61.2 Å². The number of amides is 1. The Balaban J connectivity index is 1.27. The number of carbonyl (C=O) groups is 1. The van der Waals surface area contributed by atoms with Gasteiger partial charge in [0, 0.05) is 30.1 Å². The number of imidazole rings is 1. The standard InChI is InChI=1S/C28H31N5OS/c1-2-32-17-7-10-24(32)18-30-27(34)23-14-12-21(13-15-23)19-33-26-25(11-6-16-29-26)31-28(33)35-20-22-8-4-3-5-9-22/h3-6,8-9,11-16,24H,2,7,10,17-20H2,1H3,(H,30,34)/t24-/m0/s1. The van der Waals surface area contributed by atoms with E-state index in [0.29, 0.717) is 24.7 Å². The van der Waals surface area contributed by atoms with Gasteiger partial charge in [-0.2, -0.15) is 0 Å². The second kappa shape index (κ2) is 11.1. The first-order chi connectivity index (χ1) is 17.2. The summed E-state index contributed by atoms with van der Waals surface area (Å²) in [6.45, 7) is 5.72. The van der Waals surface area contributed by atoms with Crippen molar-refractivity contribution in [2.45, 2.75) is 43.3 Å². The first-order valence-electron chi connectivity index (χ1n) is 12.3. The van der Waals surface area contributed by atoms with Crippen LogP contribution >= 0.6 is 11.8 Å². The van der Waals surface area contributed by atoms with Gasteiger partial charge in [0.2, 0.25) is 0 Å². The van der Waals surface area contributed by atoms with Crippen molar-refractivity contribution < 1.29 is 4.79 Å². The quantitative estimate of drug-likeness (QED) is 0.339. The van der Waals surface area contributed by atoms with E-state index in [2.05, 4.69) is 51.0 Å². The van der Waals surface area contributed by atoms with E-state index in [9.17, 15) is 4.79 Å². The van der Waals surface area contributed by atoms with Crippen molar-refractivity contribution in [2.75, 3.05) is 19.6 Å². The van der Waals surface area contributed by atoms with E-state index in [1.807, 2.05) is 48.7 Å². The van der Waals surface area contributed by atoms with Gasteiger partial charge in [0.1, 0.15) is 5.52 Å². The largest absolute Gasteiger partial charge is 0.350 e. The number of carbonyl (C=O) groups excluding carboxylic acids is 1. The molecule has 180 valence electrons. The number of aromatic nitrogens is 3. The molecule has 5 rings (SSSR count). The van der Waals surface area contributed by atoms with Gasteiger partial charge in [-0.05, 0) is 61.3 Å². The lowest BCUT2D eigenvalue weighted by molar-refractivity contribution is 0.0941. The lowest BCUT2D eigenvalue weighted by Crippen LogP contribution is -2.40. The van der Waals surface area contributed by atoms with Crippen molar-refractivity contribution in [3.8, 4) is 0 Å². The molecular formula is C28H31N5OS. The number of nitrogens with one attached hydrogen (secondary N) is 1. The Morgan fingerprint density at radius 3 is 2.69 bits per heavy atom. The van der Waals surface area contributed by atoms with Crippen LogP contribution in [-0.2, 0) is 12.3 Å². The van der Waals surface area contributed by atoms with E-state index in [-0.39, 0.29) is 5.91 Å². The molecule has 0 bridgehead atoms.